The van der Waals surface area contributed by atoms with Gasteiger partial charge < -0.3 is 8.98 Å². The molecule has 0 aliphatic carbocycles. The van der Waals surface area contributed by atoms with Crippen LogP contribution in [0.1, 0.15) is 43.4 Å². The van der Waals surface area contributed by atoms with Crippen LogP contribution >= 0.6 is 0 Å². The summed E-state index contributed by atoms with van der Waals surface area (Å²) in [7, 11) is 3.91. The smallest absolute Gasteiger partial charge is 0.250 e. The number of likely N-dealkylation sites (N-methyl/N-ethyl adjacent to an activating group) is 1. The van der Waals surface area contributed by atoms with E-state index in [4.69, 9.17) is 4.42 Å². The molecule has 1 aliphatic heterocycles. The summed E-state index contributed by atoms with van der Waals surface area (Å²) in [6, 6.07) is 4.25. The Morgan fingerprint density at radius 3 is 2.92 bits per heavy atom. The SMILES string of the molecule is CC(C)c1cnc(CN(C)[C@@H]2CCN(Cc3ccn(C)c(=O)c3)C2)o1. The molecule has 25 heavy (non-hydrogen) atoms. The molecule has 1 aliphatic rings. The quantitative estimate of drug-likeness (QED) is 0.804. The minimum absolute atomic E-state index is 0.0511. The number of aryl methyl sites for hydroxylation is 1. The lowest BCUT2D eigenvalue weighted by molar-refractivity contribution is 0.203. The zero-order chi connectivity index (χ0) is 18.0. The van der Waals surface area contributed by atoms with Gasteiger partial charge in [0.15, 0.2) is 0 Å². The van der Waals surface area contributed by atoms with E-state index in [1.807, 2.05) is 18.5 Å². The predicted octanol–water partition coefficient (Wildman–Crippen LogP) is 2.20. The van der Waals surface area contributed by atoms with Gasteiger partial charge in [-0.25, -0.2) is 4.98 Å². The number of likely N-dealkylation sites (tertiary alicyclic amines) is 1. The molecule has 1 fully saturated rings. The molecule has 6 nitrogen and oxygen atoms in total. The zero-order valence-corrected chi connectivity index (χ0v) is 15.6. The van der Waals surface area contributed by atoms with E-state index in [0.29, 0.717) is 12.0 Å². The lowest BCUT2D eigenvalue weighted by Crippen LogP contribution is -2.34. The van der Waals surface area contributed by atoms with Crippen molar-refractivity contribution in [1.29, 1.82) is 0 Å². The molecule has 136 valence electrons. The number of nitrogens with zero attached hydrogens (tertiary/aromatic N) is 4. The van der Waals surface area contributed by atoms with Crippen molar-refractivity contribution < 1.29 is 4.42 Å². The standard InChI is InChI=1S/C19H28N4O2/c1-14(2)17-10-20-18(25-17)13-22(4)16-6-8-23(12-16)11-15-5-7-21(3)19(24)9-15/h5,7,9-10,14,16H,6,8,11-13H2,1-4H3/t16-/m1/s1. The minimum Gasteiger partial charge on any atom is -0.444 e. The fraction of sp³-hybridized carbons (Fsp3) is 0.579. The normalized spacial score (nSPS) is 18.6. The van der Waals surface area contributed by atoms with Gasteiger partial charge in [-0.1, -0.05) is 13.8 Å². The zero-order valence-electron chi connectivity index (χ0n) is 15.6. The first-order valence-corrected chi connectivity index (χ1v) is 8.95. The molecular weight excluding hydrogens is 316 g/mol. The number of aromatic nitrogens is 2. The molecule has 1 saturated heterocycles. The summed E-state index contributed by atoms with van der Waals surface area (Å²) in [5, 5.41) is 0. The van der Waals surface area contributed by atoms with Gasteiger partial charge in [-0.15, -0.1) is 0 Å². The van der Waals surface area contributed by atoms with Crippen LogP contribution in [0.3, 0.4) is 0 Å². The van der Waals surface area contributed by atoms with E-state index in [-0.39, 0.29) is 5.56 Å². The first-order chi connectivity index (χ1) is 11.9. The third-order valence-corrected chi connectivity index (χ3v) is 4.97. The van der Waals surface area contributed by atoms with Crippen LogP contribution in [0, 0.1) is 0 Å². The lowest BCUT2D eigenvalue weighted by atomic mass is 10.2. The second-order valence-electron chi connectivity index (χ2n) is 7.39. The molecule has 0 spiro atoms. The topological polar surface area (TPSA) is 54.5 Å². The van der Waals surface area contributed by atoms with Gasteiger partial charge >= 0.3 is 0 Å². The fourth-order valence-electron chi connectivity index (χ4n) is 3.27. The van der Waals surface area contributed by atoms with E-state index >= 15 is 0 Å². The molecular formula is C19H28N4O2. The van der Waals surface area contributed by atoms with Crippen molar-refractivity contribution in [3.63, 3.8) is 0 Å². The summed E-state index contributed by atoms with van der Waals surface area (Å²) in [4.78, 5) is 20.9. The highest BCUT2D eigenvalue weighted by molar-refractivity contribution is 5.11. The van der Waals surface area contributed by atoms with Crippen LogP contribution in [0.15, 0.2) is 33.7 Å². The van der Waals surface area contributed by atoms with Crippen LogP contribution in [0.25, 0.3) is 0 Å². The molecule has 0 amide bonds. The average Bonchev–Trinajstić information content (AvgIpc) is 3.20. The first kappa shape index (κ1) is 17.9. The highest BCUT2D eigenvalue weighted by Gasteiger charge is 2.26. The number of hydrogen-bond donors (Lipinski definition) is 0. The molecule has 0 aromatic carbocycles. The number of rotatable bonds is 6. The first-order valence-electron chi connectivity index (χ1n) is 8.95. The minimum atomic E-state index is 0.0511. The second kappa shape index (κ2) is 7.54. The number of hydrogen-bond acceptors (Lipinski definition) is 5. The van der Waals surface area contributed by atoms with E-state index in [0.717, 1.165) is 49.8 Å². The summed E-state index contributed by atoms with van der Waals surface area (Å²) < 4.78 is 7.42. The Balaban J connectivity index is 1.54. The maximum atomic E-state index is 11.8. The van der Waals surface area contributed by atoms with E-state index in [1.165, 1.54) is 0 Å². The largest absolute Gasteiger partial charge is 0.444 e. The van der Waals surface area contributed by atoms with Crippen LogP contribution in [-0.4, -0.2) is 45.5 Å². The molecule has 2 aromatic rings. The molecule has 1 atom stereocenters. The molecule has 0 saturated carbocycles. The molecule has 0 unspecified atom stereocenters. The van der Waals surface area contributed by atoms with Crippen molar-refractivity contribution in [2.75, 3.05) is 20.1 Å². The number of oxazole rings is 1. The summed E-state index contributed by atoms with van der Waals surface area (Å²) in [6.45, 7) is 7.84. The third kappa shape index (κ3) is 4.38. The third-order valence-electron chi connectivity index (χ3n) is 4.97. The van der Waals surface area contributed by atoms with Gasteiger partial charge in [-0.05, 0) is 25.1 Å². The Hall–Kier alpha value is -1.92. The molecule has 3 rings (SSSR count). The van der Waals surface area contributed by atoms with E-state index in [2.05, 4.69) is 35.7 Å². The van der Waals surface area contributed by atoms with Crippen LogP contribution in [-0.2, 0) is 20.1 Å². The van der Waals surface area contributed by atoms with Crippen molar-refractivity contribution in [2.24, 2.45) is 7.05 Å². The van der Waals surface area contributed by atoms with Crippen LogP contribution < -0.4 is 5.56 Å². The van der Waals surface area contributed by atoms with Crippen LogP contribution in [0.2, 0.25) is 0 Å². The van der Waals surface area contributed by atoms with Gasteiger partial charge in [0.2, 0.25) is 5.89 Å². The van der Waals surface area contributed by atoms with Crippen molar-refractivity contribution in [3.8, 4) is 0 Å². The molecule has 0 N–H and O–H groups in total. The van der Waals surface area contributed by atoms with Crippen molar-refractivity contribution in [2.45, 2.75) is 45.3 Å². The Morgan fingerprint density at radius 1 is 1.44 bits per heavy atom. The van der Waals surface area contributed by atoms with Crippen molar-refractivity contribution in [3.05, 3.63) is 52.1 Å². The van der Waals surface area contributed by atoms with Gasteiger partial charge in [-0.3, -0.25) is 14.6 Å². The monoisotopic (exact) mass is 344 g/mol. The number of pyridine rings is 1. The Kier molecular flexibility index (Phi) is 5.39. The van der Waals surface area contributed by atoms with Crippen LogP contribution in [0.4, 0.5) is 0 Å². The fourth-order valence-corrected chi connectivity index (χ4v) is 3.27. The van der Waals surface area contributed by atoms with Gasteiger partial charge in [-0.2, -0.15) is 0 Å². The summed E-state index contributed by atoms with van der Waals surface area (Å²) in [5.74, 6) is 2.10. The highest BCUT2D eigenvalue weighted by atomic mass is 16.4. The van der Waals surface area contributed by atoms with E-state index < -0.39 is 0 Å². The van der Waals surface area contributed by atoms with Gasteiger partial charge in [0.05, 0.1) is 12.7 Å². The summed E-state index contributed by atoms with van der Waals surface area (Å²) in [5.41, 5.74) is 1.14. The molecule has 3 heterocycles. The van der Waals surface area contributed by atoms with Gasteiger partial charge in [0.25, 0.3) is 5.56 Å². The summed E-state index contributed by atoms with van der Waals surface area (Å²) in [6.07, 6.45) is 4.80. The molecule has 2 aromatic heterocycles. The maximum absolute atomic E-state index is 11.8. The van der Waals surface area contributed by atoms with Gasteiger partial charge in [0.1, 0.15) is 5.76 Å². The maximum Gasteiger partial charge on any atom is 0.250 e. The average molecular weight is 344 g/mol. The Bertz CT molecular complexity index is 765. The molecule has 0 radical (unpaired) electrons. The lowest BCUT2D eigenvalue weighted by Gasteiger charge is -2.23. The Morgan fingerprint density at radius 2 is 2.24 bits per heavy atom. The van der Waals surface area contributed by atoms with Crippen molar-refractivity contribution in [1.82, 2.24) is 19.4 Å². The van der Waals surface area contributed by atoms with E-state index in [9.17, 15) is 4.79 Å². The van der Waals surface area contributed by atoms with Crippen molar-refractivity contribution >= 4 is 0 Å². The highest BCUT2D eigenvalue weighted by Crippen LogP contribution is 2.20. The molecule has 0 bridgehead atoms. The Labute approximate surface area is 149 Å². The van der Waals surface area contributed by atoms with E-state index in [1.54, 1.807) is 17.7 Å². The summed E-state index contributed by atoms with van der Waals surface area (Å²) >= 11 is 0. The molecule has 6 heteroatoms. The predicted molar refractivity (Wildman–Crippen MR) is 97.4 cm³/mol. The second-order valence-corrected chi connectivity index (χ2v) is 7.39. The van der Waals surface area contributed by atoms with Crippen LogP contribution in [0.5, 0.6) is 0 Å². The van der Waals surface area contributed by atoms with Gasteiger partial charge in [0, 0.05) is 50.9 Å².